The van der Waals surface area contributed by atoms with Crippen LogP contribution in [0.1, 0.15) is 6.42 Å². The Morgan fingerprint density at radius 2 is 1.88 bits per heavy atom. The topological polar surface area (TPSA) is 89.3 Å². The highest BCUT2D eigenvalue weighted by Gasteiger charge is 2.48. The number of anilines is 1. The zero-order valence-corrected chi connectivity index (χ0v) is 13.1. The normalized spacial score (nSPS) is 29.0. The smallest absolute Gasteiger partial charge is 0.326 e. The average molecular weight is 360 g/mol. The van der Waals surface area contributed by atoms with Crippen molar-refractivity contribution in [3.05, 3.63) is 36.4 Å². The van der Waals surface area contributed by atoms with E-state index in [1.807, 2.05) is 12.2 Å². The van der Waals surface area contributed by atoms with Gasteiger partial charge in [-0.1, -0.05) is 18.2 Å². The Labute approximate surface area is 136 Å². The molecule has 2 bridgehead atoms. The van der Waals surface area contributed by atoms with Gasteiger partial charge < -0.3 is 11.1 Å². The molecule has 2 aliphatic carbocycles. The minimum Gasteiger partial charge on any atom is -0.326 e. The second-order valence-electron chi connectivity index (χ2n) is 6.02. The minimum absolute atomic E-state index is 0.00657. The van der Waals surface area contributed by atoms with Gasteiger partial charge in [-0.25, -0.2) is 8.42 Å². The maximum Gasteiger partial charge on any atom is 0.501 e. The van der Waals surface area contributed by atoms with Crippen molar-refractivity contribution in [1.29, 1.82) is 0 Å². The quantitative estimate of drug-likeness (QED) is 0.808. The Hall–Kier alpha value is -1.87. The fourth-order valence-electron chi connectivity index (χ4n) is 3.33. The molecule has 0 aromatic heterocycles. The van der Waals surface area contributed by atoms with Crippen molar-refractivity contribution in [2.75, 3.05) is 5.32 Å². The number of fused-ring (bicyclic) bond motifs is 2. The molecule has 1 aromatic rings. The third kappa shape index (κ3) is 2.71. The summed E-state index contributed by atoms with van der Waals surface area (Å²) in [5, 5.41) is 2.48. The van der Waals surface area contributed by atoms with E-state index in [1.54, 1.807) is 0 Å². The van der Waals surface area contributed by atoms with E-state index in [1.165, 1.54) is 6.07 Å². The van der Waals surface area contributed by atoms with Gasteiger partial charge in [0.1, 0.15) is 0 Å². The van der Waals surface area contributed by atoms with Crippen LogP contribution in [0.15, 0.2) is 41.3 Å². The van der Waals surface area contributed by atoms with Gasteiger partial charge in [-0.3, -0.25) is 4.79 Å². The molecule has 1 amide bonds. The number of benzene rings is 1. The van der Waals surface area contributed by atoms with Gasteiger partial charge in [0.05, 0.1) is 10.8 Å². The average Bonchev–Trinajstić information content (AvgIpc) is 3.07. The van der Waals surface area contributed by atoms with Crippen molar-refractivity contribution in [3.8, 4) is 0 Å². The fraction of sp³-hybridized carbons (Fsp3) is 0.400. The summed E-state index contributed by atoms with van der Waals surface area (Å²) in [6, 6.07) is 3.78. The monoisotopic (exact) mass is 360 g/mol. The molecule has 5 nitrogen and oxygen atoms in total. The second kappa shape index (κ2) is 5.59. The van der Waals surface area contributed by atoms with Crippen molar-refractivity contribution in [1.82, 2.24) is 0 Å². The molecule has 4 unspecified atom stereocenters. The molecule has 9 heteroatoms. The molecule has 3 rings (SSSR count). The van der Waals surface area contributed by atoms with Gasteiger partial charge in [-0.2, -0.15) is 13.2 Å². The van der Waals surface area contributed by atoms with Gasteiger partial charge >= 0.3 is 5.51 Å². The maximum absolute atomic E-state index is 12.6. The lowest BCUT2D eigenvalue weighted by molar-refractivity contribution is -0.120. The summed E-state index contributed by atoms with van der Waals surface area (Å²) >= 11 is 0. The molecule has 1 saturated carbocycles. The molecule has 1 fully saturated rings. The molecule has 4 atom stereocenters. The van der Waals surface area contributed by atoms with Gasteiger partial charge in [0.2, 0.25) is 5.91 Å². The third-order valence-electron chi connectivity index (χ3n) is 4.54. The summed E-state index contributed by atoms with van der Waals surface area (Å²) in [5.41, 5.74) is 0.613. The number of nitrogens with two attached hydrogens (primary N) is 1. The van der Waals surface area contributed by atoms with E-state index in [4.69, 9.17) is 5.73 Å². The Morgan fingerprint density at radius 1 is 1.21 bits per heavy atom. The highest BCUT2D eigenvalue weighted by molar-refractivity contribution is 7.92. The molecule has 24 heavy (non-hydrogen) atoms. The number of hydrogen-bond acceptors (Lipinski definition) is 4. The zero-order valence-electron chi connectivity index (χ0n) is 12.3. The van der Waals surface area contributed by atoms with Crippen molar-refractivity contribution >= 4 is 21.4 Å². The molecule has 130 valence electrons. The van der Waals surface area contributed by atoms with Crippen LogP contribution in [0.3, 0.4) is 0 Å². The van der Waals surface area contributed by atoms with Crippen LogP contribution in [0, 0.1) is 17.8 Å². The molecule has 0 saturated heterocycles. The SMILES string of the molecule is NC1C2C=CC(C2)C1C(=O)Nc1cccc(S(=O)(=O)C(F)(F)F)c1. The first kappa shape index (κ1) is 17.0. The molecule has 1 aromatic carbocycles. The van der Waals surface area contributed by atoms with E-state index in [0.29, 0.717) is 0 Å². The number of alkyl halides is 3. The lowest BCUT2D eigenvalue weighted by Crippen LogP contribution is -2.41. The van der Waals surface area contributed by atoms with Crippen LogP contribution in [-0.2, 0) is 14.6 Å². The molecule has 0 aliphatic heterocycles. The maximum atomic E-state index is 12.6. The number of hydrogen-bond donors (Lipinski definition) is 2. The number of carbonyl (C=O) groups is 1. The summed E-state index contributed by atoms with van der Waals surface area (Å²) < 4.78 is 60.7. The molecular formula is C15H15F3N2O3S. The third-order valence-corrected chi connectivity index (χ3v) is 6.02. The van der Waals surface area contributed by atoms with E-state index in [2.05, 4.69) is 5.32 Å². The largest absolute Gasteiger partial charge is 0.501 e. The molecular weight excluding hydrogens is 345 g/mol. The lowest BCUT2D eigenvalue weighted by atomic mass is 9.88. The van der Waals surface area contributed by atoms with Crippen molar-refractivity contribution < 1.29 is 26.4 Å². The number of sulfone groups is 1. The van der Waals surface area contributed by atoms with Crippen molar-refractivity contribution in [2.45, 2.75) is 22.9 Å². The first-order chi connectivity index (χ1) is 11.1. The van der Waals surface area contributed by atoms with E-state index in [9.17, 15) is 26.4 Å². The molecule has 3 N–H and O–H groups in total. The van der Waals surface area contributed by atoms with Gasteiger partial charge in [0.15, 0.2) is 0 Å². The molecule has 0 heterocycles. The van der Waals surface area contributed by atoms with Crippen molar-refractivity contribution in [3.63, 3.8) is 0 Å². The Bertz CT molecular complexity index is 804. The summed E-state index contributed by atoms with van der Waals surface area (Å²) in [6.07, 6.45) is 4.67. The van der Waals surface area contributed by atoms with E-state index < -0.39 is 32.1 Å². The number of nitrogens with one attached hydrogen (secondary N) is 1. The first-order valence-corrected chi connectivity index (χ1v) is 8.76. The summed E-state index contributed by atoms with van der Waals surface area (Å²) in [6.45, 7) is 0. The van der Waals surface area contributed by atoms with Crippen LogP contribution in [-0.4, -0.2) is 25.9 Å². The van der Waals surface area contributed by atoms with Crippen molar-refractivity contribution in [2.24, 2.45) is 23.5 Å². The van der Waals surface area contributed by atoms with Gasteiger partial charge in [0.25, 0.3) is 9.84 Å². The van der Waals surface area contributed by atoms with Gasteiger partial charge in [0, 0.05) is 11.7 Å². The number of rotatable bonds is 3. The second-order valence-corrected chi connectivity index (χ2v) is 7.96. The number of amides is 1. The fourth-order valence-corrected chi connectivity index (χ4v) is 4.14. The van der Waals surface area contributed by atoms with Crippen LogP contribution in [0.2, 0.25) is 0 Å². The lowest BCUT2D eigenvalue weighted by Gasteiger charge is -2.23. The molecule has 0 spiro atoms. The summed E-state index contributed by atoms with van der Waals surface area (Å²) in [4.78, 5) is 11.5. The molecule has 0 radical (unpaired) electrons. The Morgan fingerprint density at radius 3 is 2.46 bits per heavy atom. The predicted molar refractivity (Wildman–Crippen MR) is 80.5 cm³/mol. The highest BCUT2D eigenvalue weighted by atomic mass is 32.2. The van der Waals surface area contributed by atoms with Crippen LogP contribution in [0.25, 0.3) is 0 Å². The minimum atomic E-state index is -5.46. The number of carbonyl (C=O) groups excluding carboxylic acids is 1. The highest BCUT2D eigenvalue weighted by Crippen LogP contribution is 2.43. The van der Waals surface area contributed by atoms with Crippen LogP contribution < -0.4 is 11.1 Å². The van der Waals surface area contributed by atoms with Crippen LogP contribution in [0.4, 0.5) is 18.9 Å². The number of allylic oxidation sites excluding steroid dienone is 1. The zero-order chi connectivity index (χ0) is 17.7. The van der Waals surface area contributed by atoms with E-state index >= 15 is 0 Å². The molecule has 2 aliphatic rings. The summed E-state index contributed by atoms with van der Waals surface area (Å²) in [5.74, 6) is -0.751. The Kier molecular flexibility index (Phi) is 3.95. The number of halogens is 3. The van der Waals surface area contributed by atoms with Gasteiger partial charge in [-0.15, -0.1) is 0 Å². The Balaban J connectivity index is 1.81. The van der Waals surface area contributed by atoms with E-state index in [0.717, 1.165) is 24.6 Å². The van der Waals surface area contributed by atoms with Crippen LogP contribution in [0.5, 0.6) is 0 Å². The van der Waals surface area contributed by atoms with Gasteiger partial charge in [-0.05, 0) is 36.5 Å². The van der Waals surface area contributed by atoms with Crippen LogP contribution >= 0.6 is 0 Å². The predicted octanol–water partition coefficient (Wildman–Crippen LogP) is 2.07. The standard InChI is InChI=1S/C15H15F3N2O3S/c16-15(17,18)24(22,23)11-3-1-2-10(7-11)20-14(21)12-8-4-5-9(6-8)13(12)19/h1-5,7-9,12-13H,6,19H2,(H,20,21). The summed E-state index contributed by atoms with van der Waals surface area (Å²) in [7, 11) is -5.46. The van der Waals surface area contributed by atoms with E-state index in [-0.39, 0.29) is 23.6 Å². The first-order valence-electron chi connectivity index (χ1n) is 7.27.